The molecular weight excluding hydrogens is 212 g/mol. The third-order valence-corrected chi connectivity index (χ3v) is 4.63. The average molecular weight is 238 g/mol. The molecule has 17 heavy (non-hydrogen) atoms. The van der Waals surface area contributed by atoms with E-state index in [-0.39, 0.29) is 11.7 Å². The van der Waals surface area contributed by atoms with Crippen molar-refractivity contribution in [2.45, 2.75) is 47.3 Å². The summed E-state index contributed by atoms with van der Waals surface area (Å²) in [7, 11) is 0. The van der Waals surface area contributed by atoms with E-state index in [1.165, 1.54) is 12.0 Å². The van der Waals surface area contributed by atoms with Gasteiger partial charge in [0.15, 0.2) is 6.29 Å². The summed E-state index contributed by atoms with van der Waals surface area (Å²) in [4.78, 5) is 0. The zero-order valence-corrected chi connectivity index (χ0v) is 11.8. The van der Waals surface area contributed by atoms with E-state index in [0.29, 0.717) is 17.8 Å². The molecule has 2 rings (SSSR count). The van der Waals surface area contributed by atoms with Crippen molar-refractivity contribution < 1.29 is 9.47 Å². The Morgan fingerprint density at radius 3 is 2.29 bits per heavy atom. The van der Waals surface area contributed by atoms with Gasteiger partial charge in [-0.2, -0.15) is 0 Å². The SMILES string of the molecule is CC1=C[C@H](C)C2(COC(C(C)C)OC2)[C@@H](C)C1. The van der Waals surface area contributed by atoms with Gasteiger partial charge in [0, 0.05) is 11.3 Å². The monoisotopic (exact) mass is 238 g/mol. The Morgan fingerprint density at radius 2 is 1.82 bits per heavy atom. The molecule has 0 saturated carbocycles. The minimum Gasteiger partial charge on any atom is -0.352 e. The molecule has 1 aliphatic carbocycles. The van der Waals surface area contributed by atoms with Crippen LogP contribution in [0.3, 0.4) is 0 Å². The van der Waals surface area contributed by atoms with Crippen LogP contribution in [0.15, 0.2) is 11.6 Å². The smallest absolute Gasteiger partial charge is 0.159 e. The predicted molar refractivity (Wildman–Crippen MR) is 69.7 cm³/mol. The lowest BCUT2D eigenvalue weighted by Gasteiger charge is -2.50. The summed E-state index contributed by atoms with van der Waals surface area (Å²) < 4.78 is 11.9. The van der Waals surface area contributed by atoms with E-state index in [0.717, 1.165) is 13.2 Å². The molecule has 0 aromatic heterocycles. The summed E-state index contributed by atoms with van der Waals surface area (Å²) in [5, 5.41) is 0. The Morgan fingerprint density at radius 1 is 1.24 bits per heavy atom. The van der Waals surface area contributed by atoms with Gasteiger partial charge in [0.05, 0.1) is 13.2 Å². The van der Waals surface area contributed by atoms with Gasteiger partial charge in [-0.3, -0.25) is 0 Å². The van der Waals surface area contributed by atoms with E-state index in [4.69, 9.17) is 9.47 Å². The molecule has 2 atom stereocenters. The van der Waals surface area contributed by atoms with Gasteiger partial charge in [0.2, 0.25) is 0 Å². The van der Waals surface area contributed by atoms with Gasteiger partial charge >= 0.3 is 0 Å². The van der Waals surface area contributed by atoms with Gasteiger partial charge in [-0.25, -0.2) is 0 Å². The largest absolute Gasteiger partial charge is 0.352 e. The highest BCUT2D eigenvalue weighted by Gasteiger charge is 2.46. The van der Waals surface area contributed by atoms with E-state index < -0.39 is 0 Å². The molecule has 0 bridgehead atoms. The van der Waals surface area contributed by atoms with E-state index in [1.807, 2.05) is 0 Å². The van der Waals surface area contributed by atoms with Gasteiger partial charge in [-0.1, -0.05) is 39.3 Å². The fraction of sp³-hybridized carbons (Fsp3) is 0.867. The maximum atomic E-state index is 5.96. The van der Waals surface area contributed by atoms with Gasteiger partial charge < -0.3 is 9.47 Å². The van der Waals surface area contributed by atoms with Crippen LogP contribution < -0.4 is 0 Å². The molecule has 1 heterocycles. The van der Waals surface area contributed by atoms with Crippen molar-refractivity contribution in [3.8, 4) is 0 Å². The normalized spacial score (nSPS) is 42.9. The van der Waals surface area contributed by atoms with Crippen molar-refractivity contribution in [3.05, 3.63) is 11.6 Å². The van der Waals surface area contributed by atoms with Crippen molar-refractivity contribution >= 4 is 0 Å². The lowest BCUT2D eigenvalue weighted by molar-refractivity contribution is -0.264. The molecule has 1 spiro atoms. The summed E-state index contributed by atoms with van der Waals surface area (Å²) in [6.45, 7) is 12.9. The van der Waals surface area contributed by atoms with E-state index in [1.54, 1.807) is 0 Å². The standard InChI is InChI=1S/C15H26O2/c1-10(2)14-16-8-15(9-17-14)12(4)6-11(3)7-13(15)5/h6,10,12-14H,7-9H2,1-5H3/t12-,13-,14?,15?/m0/s1. The van der Waals surface area contributed by atoms with Gasteiger partial charge in [0.1, 0.15) is 0 Å². The highest BCUT2D eigenvalue weighted by molar-refractivity contribution is 5.13. The zero-order valence-electron chi connectivity index (χ0n) is 11.8. The molecule has 2 aliphatic rings. The predicted octanol–water partition coefficient (Wildman–Crippen LogP) is 3.62. The van der Waals surface area contributed by atoms with Crippen molar-refractivity contribution in [2.75, 3.05) is 13.2 Å². The maximum absolute atomic E-state index is 5.96. The molecule has 0 amide bonds. The molecule has 2 nitrogen and oxygen atoms in total. The Balaban J connectivity index is 2.11. The fourth-order valence-electron chi connectivity index (χ4n) is 3.29. The Bertz CT molecular complexity index is 298. The summed E-state index contributed by atoms with van der Waals surface area (Å²) in [5.41, 5.74) is 1.71. The molecule has 0 N–H and O–H groups in total. The lowest BCUT2D eigenvalue weighted by Crippen LogP contribution is -2.51. The van der Waals surface area contributed by atoms with Crippen LogP contribution in [0.25, 0.3) is 0 Å². The summed E-state index contributed by atoms with van der Waals surface area (Å²) in [6, 6.07) is 0. The molecule has 1 fully saturated rings. The average Bonchev–Trinajstić information content (AvgIpc) is 2.26. The number of hydrogen-bond acceptors (Lipinski definition) is 2. The Hall–Kier alpha value is -0.340. The molecule has 98 valence electrons. The van der Waals surface area contributed by atoms with Gasteiger partial charge in [0.25, 0.3) is 0 Å². The minimum atomic E-state index is -0.00738. The first kappa shape index (κ1) is 13.1. The highest BCUT2D eigenvalue weighted by atomic mass is 16.7. The molecule has 1 saturated heterocycles. The second-order valence-electron chi connectivity index (χ2n) is 6.37. The molecule has 2 heteroatoms. The van der Waals surface area contributed by atoms with E-state index in [9.17, 15) is 0 Å². The van der Waals surface area contributed by atoms with Crippen molar-refractivity contribution in [3.63, 3.8) is 0 Å². The zero-order chi connectivity index (χ0) is 12.6. The summed E-state index contributed by atoms with van der Waals surface area (Å²) in [6.07, 6.45) is 3.58. The van der Waals surface area contributed by atoms with Crippen LogP contribution in [0.1, 0.15) is 41.0 Å². The first-order valence-electron chi connectivity index (χ1n) is 6.86. The van der Waals surface area contributed by atoms with Crippen LogP contribution >= 0.6 is 0 Å². The third kappa shape index (κ3) is 2.30. The van der Waals surface area contributed by atoms with Crippen LogP contribution in [0.5, 0.6) is 0 Å². The molecule has 0 radical (unpaired) electrons. The van der Waals surface area contributed by atoms with Gasteiger partial charge in [-0.15, -0.1) is 0 Å². The minimum absolute atomic E-state index is 0.00738. The van der Waals surface area contributed by atoms with Crippen LogP contribution in [0.4, 0.5) is 0 Å². The molecule has 1 aliphatic heterocycles. The van der Waals surface area contributed by atoms with Crippen molar-refractivity contribution in [2.24, 2.45) is 23.2 Å². The highest BCUT2D eigenvalue weighted by Crippen LogP contribution is 2.47. The van der Waals surface area contributed by atoms with Gasteiger partial charge in [-0.05, 0) is 25.2 Å². The molecule has 0 unspecified atom stereocenters. The van der Waals surface area contributed by atoms with Crippen molar-refractivity contribution in [1.29, 1.82) is 0 Å². The Labute approximate surface area is 105 Å². The maximum Gasteiger partial charge on any atom is 0.159 e. The van der Waals surface area contributed by atoms with Crippen LogP contribution in [-0.4, -0.2) is 19.5 Å². The van der Waals surface area contributed by atoms with Crippen LogP contribution in [0.2, 0.25) is 0 Å². The van der Waals surface area contributed by atoms with Crippen LogP contribution in [-0.2, 0) is 9.47 Å². The number of rotatable bonds is 1. The molecular formula is C15H26O2. The van der Waals surface area contributed by atoms with Crippen molar-refractivity contribution in [1.82, 2.24) is 0 Å². The second kappa shape index (κ2) is 4.74. The number of ether oxygens (including phenoxy) is 2. The molecule has 0 aromatic carbocycles. The number of hydrogen-bond donors (Lipinski definition) is 0. The van der Waals surface area contributed by atoms with E-state index in [2.05, 4.69) is 40.7 Å². The van der Waals surface area contributed by atoms with E-state index >= 15 is 0 Å². The number of allylic oxidation sites excluding steroid dienone is 2. The third-order valence-electron chi connectivity index (χ3n) is 4.63. The summed E-state index contributed by atoms with van der Waals surface area (Å²) >= 11 is 0. The first-order chi connectivity index (χ1) is 7.95. The van der Waals surface area contributed by atoms with Crippen LogP contribution in [0, 0.1) is 23.2 Å². The first-order valence-corrected chi connectivity index (χ1v) is 6.86. The topological polar surface area (TPSA) is 18.5 Å². The summed E-state index contributed by atoms with van der Waals surface area (Å²) in [5.74, 6) is 1.65. The quantitative estimate of drug-likeness (QED) is 0.650. The fourth-order valence-corrected chi connectivity index (χ4v) is 3.29. The second-order valence-corrected chi connectivity index (χ2v) is 6.37. The lowest BCUT2D eigenvalue weighted by atomic mass is 9.63. The molecule has 0 aromatic rings. The Kier molecular flexibility index (Phi) is 3.65.